The highest BCUT2D eigenvalue weighted by Gasteiger charge is 2.11. The Labute approximate surface area is 106 Å². The molecule has 0 aliphatic heterocycles. The van der Waals surface area contributed by atoms with Crippen molar-refractivity contribution in [2.75, 3.05) is 6.61 Å². The normalized spacial score (nSPS) is 12.0. The first-order valence-electron chi connectivity index (χ1n) is 4.47. The molecule has 0 unspecified atom stereocenters. The van der Waals surface area contributed by atoms with Crippen molar-refractivity contribution in [3.8, 4) is 0 Å². The van der Waals surface area contributed by atoms with Crippen LogP contribution in [0.5, 0.6) is 0 Å². The van der Waals surface area contributed by atoms with Crippen LogP contribution < -0.4 is 5.73 Å². The Morgan fingerprint density at radius 1 is 1.33 bits per heavy atom. The van der Waals surface area contributed by atoms with Gasteiger partial charge in [0, 0.05) is 12.6 Å². The molecule has 1 aromatic carbocycles. The summed E-state index contributed by atoms with van der Waals surface area (Å²) in [5, 5.41) is 9.70. The first-order chi connectivity index (χ1) is 6.66. The minimum Gasteiger partial charge on any atom is -0.396 e. The fourth-order valence-corrected chi connectivity index (χ4v) is 1.72. The molecule has 5 heteroatoms. The van der Waals surface area contributed by atoms with E-state index < -0.39 is 0 Å². The molecule has 2 nitrogen and oxygen atoms in total. The van der Waals surface area contributed by atoms with Crippen molar-refractivity contribution in [2.24, 2.45) is 5.73 Å². The molecule has 0 aliphatic rings. The molecule has 15 heavy (non-hydrogen) atoms. The number of halogens is 3. The van der Waals surface area contributed by atoms with Crippen LogP contribution in [-0.2, 0) is 0 Å². The third kappa shape index (κ3) is 4.17. The van der Waals surface area contributed by atoms with E-state index in [0.717, 1.165) is 5.56 Å². The number of hydrogen-bond donors (Lipinski definition) is 2. The lowest BCUT2D eigenvalue weighted by Gasteiger charge is -2.13. The van der Waals surface area contributed by atoms with Crippen LogP contribution in [0.3, 0.4) is 0 Å². The van der Waals surface area contributed by atoms with Gasteiger partial charge in [-0.3, -0.25) is 0 Å². The minimum absolute atomic E-state index is 0. The van der Waals surface area contributed by atoms with E-state index in [9.17, 15) is 0 Å². The summed E-state index contributed by atoms with van der Waals surface area (Å²) in [7, 11) is 0. The van der Waals surface area contributed by atoms with Gasteiger partial charge in [-0.25, -0.2) is 0 Å². The SMILES string of the molecule is Cl.N[C@@H](CCCO)c1cccc(Cl)c1Cl. The van der Waals surface area contributed by atoms with E-state index >= 15 is 0 Å². The maximum Gasteiger partial charge on any atom is 0.0639 e. The summed E-state index contributed by atoms with van der Waals surface area (Å²) in [4.78, 5) is 0. The summed E-state index contributed by atoms with van der Waals surface area (Å²) in [6.07, 6.45) is 1.38. The Bertz CT molecular complexity index is 307. The van der Waals surface area contributed by atoms with Gasteiger partial charge in [0.15, 0.2) is 0 Å². The van der Waals surface area contributed by atoms with Crippen molar-refractivity contribution >= 4 is 35.6 Å². The fraction of sp³-hybridized carbons (Fsp3) is 0.400. The zero-order valence-corrected chi connectivity index (χ0v) is 10.4. The first-order valence-corrected chi connectivity index (χ1v) is 5.22. The van der Waals surface area contributed by atoms with Crippen molar-refractivity contribution in [1.82, 2.24) is 0 Å². The maximum atomic E-state index is 8.67. The Kier molecular flexibility index (Phi) is 7.32. The minimum atomic E-state index is -0.159. The van der Waals surface area contributed by atoms with E-state index in [1.165, 1.54) is 0 Å². The van der Waals surface area contributed by atoms with Gasteiger partial charge in [0.1, 0.15) is 0 Å². The predicted molar refractivity (Wildman–Crippen MR) is 67.0 cm³/mol. The van der Waals surface area contributed by atoms with Gasteiger partial charge in [-0.15, -0.1) is 12.4 Å². The van der Waals surface area contributed by atoms with Gasteiger partial charge in [-0.05, 0) is 24.5 Å². The fourth-order valence-electron chi connectivity index (χ4n) is 1.27. The quantitative estimate of drug-likeness (QED) is 0.883. The molecule has 3 N–H and O–H groups in total. The number of benzene rings is 1. The van der Waals surface area contributed by atoms with Gasteiger partial charge in [0.05, 0.1) is 10.0 Å². The number of rotatable bonds is 4. The molecule has 0 aromatic heterocycles. The first kappa shape index (κ1) is 15.0. The molecular formula is C10H14Cl3NO. The van der Waals surface area contributed by atoms with Gasteiger partial charge in [0.2, 0.25) is 0 Å². The van der Waals surface area contributed by atoms with Gasteiger partial charge in [-0.2, -0.15) is 0 Å². The third-order valence-electron chi connectivity index (χ3n) is 2.05. The molecular weight excluding hydrogens is 256 g/mol. The molecule has 0 saturated carbocycles. The second-order valence-electron chi connectivity index (χ2n) is 3.12. The Balaban J connectivity index is 0.00000196. The zero-order valence-electron chi connectivity index (χ0n) is 8.12. The average molecular weight is 271 g/mol. The highest BCUT2D eigenvalue weighted by Crippen LogP contribution is 2.30. The van der Waals surface area contributed by atoms with Gasteiger partial charge in [-0.1, -0.05) is 35.3 Å². The Hall–Kier alpha value is 0.01000. The van der Waals surface area contributed by atoms with Crippen molar-refractivity contribution in [2.45, 2.75) is 18.9 Å². The van der Waals surface area contributed by atoms with Crippen LogP contribution in [0.25, 0.3) is 0 Å². The average Bonchev–Trinajstić information content (AvgIpc) is 2.18. The monoisotopic (exact) mass is 269 g/mol. The molecule has 1 rings (SSSR count). The molecule has 1 atom stereocenters. The zero-order chi connectivity index (χ0) is 10.6. The highest BCUT2D eigenvalue weighted by atomic mass is 35.5. The molecule has 1 aromatic rings. The van der Waals surface area contributed by atoms with E-state index in [4.69, 9.17) is 34.0 Å². The van der Waals surface area contributed by atoms with E-state index in [0.29, 0.717) is 22.9 Å². The topological polar surface area (TPSA) is 46.2 Å². The molecule has 0 heterocycles. The van der Waals surface area contributed by atoms with Gasteiger partial charge >= 0.3 is 0 Å². The van der Waals surface area contributed by atoms with Crippen molar-refractivity contribution in [3.05, 3.63) is 33.8 Å². The van der Waals surface area contributed by atoms with Crippen molar-refractivity contribution in [1.29, 1.82) is 0 Å². The number of aliphatic hydroxyl groups is 1. The number of aliphatic hydroxyl groups excluding tert-OH is 1. The number of nitrogens with two attached hydrogens (primary N) is 1. The Morgan fingerprint density at radius 2 is 2.00 bits per heavy atom. The van der Waals surface area contributed by atoms with Crippen LogP contribution in [-0.4, -0.2) is 11.7 Å². The predicted octanol–water partition coefficient (Wildman–Crippen LogP) is 3.19. The van der Waals surface area contributed by atoms with Crippen molar-refractivity contribution < 1.29 is 5.11 Å². The van der Waals surface area contributed by atoms with Crippen LogP contribution in [0.15, 0.2) is 18.2 Å². The summed E-state index contributed by atoms with van der Waals surface area (Å²) >= 11 is 11.8. The van der Waals surface area contributed by atoms with Crippen LogP contribution in [0.2, 0.25) is 10.0 Å². The van der Waals surface area contributed by atoms with Crippen LogP contribution in [0.4, 0.5) is 0 Å². The highest BCUT2D eigenvalue weighted by molar-refractivity contribution is 6.42. The lowest BCUT2D eigenvalue weighted by Crippen LogP contribution is -2.11. The molecule has 0 fully saturated rings. The molecule has 0 radical (unpaired) electrons. The van der Waals surface area contributed by atoms with Gasteiger partial charge < -0.3 is 10.8 Å². The lowest BCUT2D eigenvalue weighted by atomic mass is 10.0. The largest absolute Gasteiger partial charge is 0.396 e. The van der Waals surface area contributed by atoms with E-state index in [1.807, 2.05) is 12.1 Å². The van der Waals surface area contributed by atoms with E-state index in [1.54, 1.807) is 6.07 Å². The molecule has 0 bridgehead atoms. The molecule has 0 aliphatic carbocycles. The van der Waals surface area contributed by atoms with Crippen LogP contribution in [0.1, 0.15) is 24.4 Å². The van der Waals surface area contributed by atoms with Crippen LogP contribution in [0, 0.1) is 0 Å². The van der Waals surface area contributed by atoms with Gasteiger partial charge in [0.25, 0.3) is 0 Å². The summed E-state index contributed by atoms with van der Waals surface area (Å²) in [5.41, 5.74) is 6.74. The van der Waals surface area contributed by atoms with E-state index in [2.05, 4.69) is 0 Å². The molecule has 0 saturated heterocycles. The smallest absolute Gasteiger partial charge is 0.0639 e. The molecule has 0 amide bonds. The summed E-state index contributed by atoms with van der Waals surface area (Å²) in [5.74, 6) is 0. The second kappa shape index (κ2) is 7.31. The summed E-state index contributed by atoms with van der Waals surface area (Å²) in [6.45, 7) is 0.145. The van der Waals surface area contributed by atoms with Crippen LogP contribution >= 0.6 is 35.6 Å². The Morgan fingerprint density at radius 3 is 2.60 bits per heavy atom. The third-order valence-corrected chi connectivity index (χ3v) is 2.89. The molecule has 0 spiro atoms. The summed E-state index contributed by atoms with van der Waals surface area (Å²) < 4.78 is 0. The maximum absolute atomic E-state index is 8.67. The molecule has 86 valence electrons. The number of hydrogen-bond acceptors (Lipinski definition) is 2. The van der Waals surface area contributed by atoms with E-state index in [-0.39, 0.29) is 25.1 Å². The summed E-state index contributed by atoms with van der Waals surface area (Å²) in [6, 6.07) is 5.25. The lowest BCUT2D eigenvalue weighted by molar-refractivity contribution is 0.280. The van der Waals surface area contributed by atoms with Crippen molar-refractivity contribution in [3.63, 3.8) is 0 Å². The standard InChI is InChI=1S/C10H13Cl2NO.ClH/c11-8-4-1-3-7(10(8)12)9(13)5-2-6-14;/h1,3-4,9,14H,2,5-6,13H2;1H/t9-;/m0./s1. The second-order valence-corrected chi connectivity index (χ2v) is 3.90.